The summed E-state index contributed by atoms with van der Waals surface area (Å²) in [5.41, 5.74) is 3.87. The van der Waals surface area contributed by atoms with Crippen molar-refractivity contribution in [2.75, 3.05) is 5.32 Å². The number of rotatable bonds is 4. The lowest BCUT2D eigenvalue weighted by molar-refractivity contribution is 0.126. The number of nitriles is 1. The Morgan fingerprint density at radius 2 is 1.81 bits per heavy atom. The van der Waals surface area contributed by atoms with Crippen molar-refractivity contribution in [3.05, 3.63) is 59.7 Å². The fraction of sp³-hybridized carbons (Fsp3) is 0.333. The zero-order valence-corrected chi connectivity index (χ0v) is 14.6. The minimum atomic E-state index is -0.162. The van der Waals surface area contributed by atoms with Crippen LogP contribution in [-0.4, -0.2) is 26.8 Å². The highest BCUT2D eigenvalue weighted by molar-refractivity contribution is 5.78. The predicted octanol–water partition coefficient (Wildman–Crippen LogP) is 3.67. The maximum atomic E-state index is 9.73. The summed E-state index contributed by atoms with van der Waals surface area (Å²) in [5.74, 6) is 0.872. The molecule has 0 aliphatic heterocycles. The Hall–Kier alpha value is -2.84. The number of hydrogen-bond acceptors (Lipinski definition) is 4. The zero-order valence-electron chi connectivity index (χ0n) is 14.6. The number of aromatic nitrogens is 2. The molecule has 0 radical (unpaired) electrons. The van der Waals surface area contributed by atoms with Crippen LogP contribution in [0.3, 0.4) is 0 Å². The molecule has 5 nitrogen and oxygen atoms in total. The minimum Gasteiger partial charge on any atom is -0.393 e. The van der Waals surface area contributed by atoms with E-state index < -0.39 is 0 Å². The SMILES string of the molecule is N#Cc1ccc(Cn2c(NC3CCC(O)CC3)nc3ccccc32)cc1. The minimum absolute atomic E-state index is 0.162. The van der Waals surface area contributed by atoms with Crippen molar-refractivity contribution in [1.82, 2.24) is 9.55 Å². The van der Waals surface area contributed by atoms with Gasteiger partial charge in [-0.1, -0.05) is 24.3 Å². The molecule has 1 aliphatic carbocycles. The van der Waals surface area contributed by atoms with Crippen LogP contribution < -0.4 is 5.32 Å². The largest absolute Gasteiger partial charge is 0.393 e. The lowest BCUT2D eigenvalue weighted by atomic mass is 9.93. The van der Waals surface area contributed by atoms with Gasteiger partial charge in [0.2, 0.25) is 5.95 Å². The van der Waals surface area contributed by atoms with E-state index in [2.05, 4.69) is 22.0 Å². The van der Waals surface area contributed by atoms with Crippen molar-refractivity contribution in [1.29, 1.82) is 5.26 Å². The standard InChI is InChI=1S/C21H22N4O/c22-13-15-5-7-16(8-6-15)14-25-20-4-2-1-3-19(20)24-21(25)23-17-9-11-18(26)12-10-17/h1-8,17-18,26H,9-12,14H2,(H,23,24). The first-order valence-corrected chi connectivity index (χ1v) is 9.12. The molecule has 0 atom stereocenters. The fourth-order valence-corrected chi connectivity index (χ4v) is 3.62. The summed E-state index contributed by atoms with van der Waals surface area (Å²) in [5, 5.41) is 22.3. The predicted molar refractivity (Wildman–Crippen MR) is 102 cm³/mol. The second-order valence-corrected chi connectivity index (χ2v) is 6.97. The summed E-state index contributed by atoms with van der Waals surface area (Å²) >= 11 is 0. The maximum absolute atomic E-state index is 9.73. The number of benzene rings is 2. The third kappa shape index (κ3) is 3.42. The maximum Gasteiger partial charge on any atom is 0.204 e. The van der Waals surface area contributed by atoms with E-state index in [0.29, 0.717) is 18.2 Å². The number of imidazole rings is 1. The first-order valence-electron chi connectivity index (χ1n) is 9.12. The molecule has 0 amide bonds. The number of nitrogens with one attached hydrogen (secondary N) is 1. The van der Waals surface area contributed by atoms with Gasteiger partial charge in [0.1, 0.15) is 0 Å². The van der Waals surface area contributed by atoms with Gasteiger partial charge in [-0.05, 0) is 55.5 Å². The highest BCUT2D eigenvalue weighted by Gasteiger charge is 2.21. The Balaban J connectivity index is 1.64. The molecule has 0 spiro atoms. The van der Waals surface area contributed by atoms with Gasteiger partial charge in [0, 0.05) is 6.04 Å². The van der Waals surface area contributed by atoms with E-state index in [9.17, 15) is 5.11 Å². The number of anilines is 1. The number of para-hydroxylation sites is 2. The average molecular weight is 346 g/mol. The number of fused-ring (bicyclic) bond motifs is 1. The van der Waals surface area contributed by atoms with E-state index in [1.54, 1.807) is 0 Å². The lowest BCUT2D eigenvalue weighted by Crippen LogP contribution is -2.29. The highest BCUT2D eigenvalue weighted by atomic mass is 16.3. The van der Waals surface area contributed by atoms with Crippen LogP contribution in [0.4, 0.5) is 5.95 Å². The molecular weight excluding hydrogens is 324 g/mol. The smallest absolute Gasteiger partial charge is 0.204 e. The van der Waals surface area contributed by atoms with Crippen LogP contribution in [0.5, 0.6) is 0 Å². The summed E-state index contributed by atoms with van der Waals surface area (Å²) in [4.78, 5) is 4.79. The first-order chi connectivity index (χ1) is 12.7. The quantitative estimate of drug-likeness (QED) is 0.756. The monoisotopic (exact) mass is 346 g/mol. The van der Waals surface area contributed by atoms with Gasteiger partial charge in [-0.25, -0.2) is 4.98 Å². The van der Waals surface area contributed by atoms with Crippen LogP contribution in [0.1, 0.15) is 36.8 Å². The number of aliphatic hydroxyl groups excluding tert-OH is 1. The molecule has 26 heavy (non-hydrogen) atoms. The molecule has 0 bridgehead atoms. The Morgan fingerprint density at radius 3 is 2.54 bits per heavy atom. The Kier molecular flexibility index (Phi) is 4.59. The van der Waals surface area contributed by atoms with Gasteiger partial charge < -0.3 is 15.0 Å². The fourth-order valence-electron chi connectivity index (χ4n) is 3.62. The number of hydrogen-bond donors (Lipinski definition) is 2. The van der Waals surface area contributed by atoms with Crippen molar-refractivity contribution >= 4 is 17.0 Å². The molecule has 3 aromatic rings. The molecule has 0 unspecified atom stereocenters. The van der Waals surface area contributed by atoms with Gasteiger partial charge in [-0.3, -0.25) is 0 Å². The first kappa shape index (κ1) is 16.6. The van der Waals surface area contributed by atoms with Gasteiger partial charge in [0.15, 0.2) is 0 Å². The van der Waals surface area contributed by atoms with E-state index in [1.165, 1.54) is 0 Å². The second-order valence-electron chi connectivity index (χ2n) is 6.97. The average Bonchev–Trinajstić information content (AvgIpc) is 3.01. The summed E-state index contributed by atoms with van der Waals surface area (Å²) in [6.07, 6.45) is 3.44. The molecule has 2 aromatic carbocycles. The molecule has 0 saturated heterocycles. The Labute approximate surface area is 152 Å². The van der Waals surface area contributed by atoms with Crippen molar-refractivity contribution in [2.45, 2.75) is 44.4 Å². The molecule has 5 heteroatoms. The Morgan fingerprint density at radius 1 is 1.08 bits per heavy atom. The second kappa shape index (κ2) is 7.19. The summed E-state index contributed by atoms with van der Waals surface area (Å²) in [6.45, 7) is 0.698. The van der Waals surface area contributed by atoms with Crippen molar-refractivity contribution < 1.29 is 5.11 Å². The third-order valence-electron chi connectivity index (χ3n) is 5.11. The molecular formula is C21H22N4O. The van der Waals surface area contributed by atoms with E-state index in [0.717, 1.165) is 48.2 Å². The molecule has 1 heterocycles. The van der Waals surface area contributed by atoms with Crippen molar-refractivity contribution in [3.8, 4) is 6.07 Å². The molecule has 1 fully saturated rings. The topological polar surface area (TPSA) is 73.9 Å². The van der Waals surface area contributed by atoms with Crippen LogP contribution in [-0.2, 0) is 6.54 Å². The number of nitrogens with zero attached hydrogens (tertiary/aromatic N) is 3. The highest BCUT2D eigenvalue weighted by Crippen LogP contribution is 2.26. The van der Waals surface area contributed by atoms with Gasteiger partial charge in [-0.2, -0.15) is 5.26 Å². The van der Waals surface area contributed by atoms with Crippen LogP contribution in [0.15, 0.2) is 48.5 Å². The van der Waals surface area contributed by atoms with Crippen LogP contribution >= 0.6 is 0 Å². The van der Waals surface area contributed by atoms with Crippen molar-refractivity contribution in [3.63, 3.8) is 0 Å². The zero-order chi connectivity index (χ0) is 17.9. The van der Waals surface area contributed by atoms with Gasteiger partial charge in [0.25, 0.3) is 0 Å². The Bertz CT molecular complexity index is 931. The molecule has 2 N–H and O–H groups in total. The van der Waals surface area contributed by atoms with Crippen LogP contribution in [0.2, 0.25) is 0 Å². The normalized spacial score (nSPS) is 20.0. The van der Waals surface area contributed by atoms with E-state index in [-0.39, 0.29) is 6.10 Å². The van der Waals surface area contributed by atoms with Crippen molar-refractivity contribution in [2.24, 2.45) is 0 Å². The molecule has 1 saturated carbocycles. The lowest BCUT2D eigenvalue weighted by Gasteiger charge is -2.26. The van der Waals surface area contributed by atoms with Gasteiger partial charge in [0.05, 0.1) is 35.3 Å². The van der Waals surface area contributed by atoms with Crippen LogP contribution in [0.25, 0.3) is 11.0 Å². The molecule has 1 aromatic heterocycles. The molecule has 1 aliphatic rings. The van der Waals surface area contributed by atoms with Gasteiger partial charge >= 0.3 is 0 Å². The number of aliphatic hydroxyl groups is 1. The van der Waals surface area contributed by atoms with E-state index >= 15 is 0 Å². The third-order valence-corrected chi connectivity index (χ3v) is 5.11. The summed E-state index contributed by atoms with van der Waals surface area (Å²) in [6, 6.07) is 18.3. The molecule has 132 valence electrons. The van der Waals surface area contributed by atoms with Crippen LogP contribution in [0, 0.1) is 11.3 Å². The van der Waals surface area contributed by atoms with E-state index in [1.807, 2.05) is 42.5 Å². The summed E-state index contributed by atoms with van der Waals surface area (Å²) in [7, 11) is 0. The molecule has 4 rings (SSSR count). The summed E-state index contributed by atoms with van der Waals surface area (Å²) < 4.78 is 2.20. The van der Waals surface area contributed by atoms with Gasteiger partial charge in [-0.15, -0.1) is 0 Å². The van der Waals surface area contributed by atoms with E-state index in [4.69, 9.17) is 10.2 Å².